The summed E-state index contributed by atoms with van der Waals surface area (Å²) >= 11 is 0. The van der Waals surface area contributed by atoms with E-state index in [4.69, 9.17) is 0 Å². The summed E-state index contributed by atoms with van der Waals surface area (Å²) in [6.45, 7) is 3.64. The van der Waals surface area contributed by atoms with Crippen LogP contribution in [0.4, 0.5) is 14.5 Å². The number of halogens is 2. The zero-order valence-corrected chi connectivity index (χ0v) is 20.4. The van der Waals surface area contributed by atoms with E-state index in [2.05, 4.69) is 47.9 Å². The number of anilines is 1. The summed E-state index contributed by atoms with van der Waals surface area (Å²) in [5.74, 6) is -0.953. The molecule has 0 amide bonds. The SMILES string of the molecule is Cc1cc(N(C)C)c(CN2CCC3(CC(=C(F)F)C3)C[C@H]2c2ccc(C(=O)O)cc2)c2cc[nH]c12. The molecule has 5 nitrogen and oxygen atoms in total. The van der Waals surface area contributed by atoms with Crippen molar-refractivity contribution in [1.82, 2.24) is 9.88 Å². The quantitative estimate of drug-likeness (QED) is 0.438. The standard InChI is InChI=1S/C28H31F2N3O2/c1-17-12-23(32(2)3)22(21-8-10-31-25(17)21)16-33-11-9-28(13-20(14-28)26(29)30)15-24(33)18-4-6-19(7-5-18)27(34)35/h4-8,10,12,24,31H,9,11,13-16H2,1-3H3,(H,34,35)/t24-/m0/s1. The fraction of sp³-hybridized carbons (Fsp3) is 0.393. The zero-order valence-electron chi connectivity index (χ0n) is 20.4. The fourth-order valence-corrected chi connectivity index (χ4v) is 6.07. The number of nitrogens with one attached hydrogen (secondary N) is 1. The first-order valence-electron chi connectivity index (χ1n) is 12.0. The van der Waals surface area contributed by atoms with E-state index in [0.717, 1.165) is 37.0 Å². The number of piperidine rings is 1. The Hall–Kier alpha value is -3.19. The molecule has 1 spiro atoms. The minimum atomic E-state index is -1.52. The molecule has 0 bridgehead atoms. The van der Waals surface area contributed by atoms with Gasteiger partial charge in [0.05, 0.1) is 5.56 Å². The Balaban J connectivity index is 1.52. The highest BCUT2D eigenvalue weighted by atomic mass is 19.3. The summed E-state index contributed by atoms with van der Waals surface area (Å²) in [7, 11) is 4.11. The van der Waals surface area contributed by atoms with E-state index in [-0.39, 0.29) is 17.0 Å². The number of likely N-dealkylation sites (tertiary alicyclic amines) is 1. The number of carbonyl (C=O) groups is 1. The van der Waals surface area contributed by atoms with E-state index in [0.29, 0.717) is 18.4 Å². The van der Waals surface area contributed by atoms with Gasteiger partial charge in [-0.2, -0.15) is 8.78 Å². The van der Waals surface area contributed by atoms with Gasteiger partial charge in [0, 0.05) is 49.5 Å². The maximum Gasteiger partial charge on any atom is 0.335 e. The van der Waals surface area contributed by atoms with Crippen molar-refractivity contribution in [3.63, 3.8) is 0 Å². The number of carboxylic acid groups (broad SMARTS) is 1. The molecular formula is C28H31F2N3O2. The third kappa shape index (κ3) is 4.22. The second-order valence-corrected chi connectivity index (χ2v) is 10.4. The minimum Gasteiger partial charge on any atom is -0.478 e. The average Bonchev–Trinajstić information content (AvgIpc) is 3.30. The second kappa shape index (κ2) is 8.79. The molecule has 1 saturated heterocycles. The molecule has 7 heteroatoms. The fourth-order valence-electron chi connectivity index (χ4n) is 6.07. The number of hydrogen-bond acceptors (Lipinski definition) is 3. The molecule has 3 aromatic rings. The number of aromatic nitrogens is 1. The molecule has 1 atom stereocenters. The smallest absolute Gasteiger partial charge is 0.335 e. The Morgan fingerprint density at radius 2 is 1.91 bits per heavy atom. The summed E-state index contributed by atoms with van der Waals surface area (Å²) in [6, 6.07) is 11.4. The average molecular weight is 480 g/mol. The number of nitrogens with zero attached hydrogens (tertiary/aromatic N) is 2. The van der Waals surface area contributed by atoms with Crippen LogP contribution in [0.25, 0.3) is 10.9 Å². The number of aromatic carboxylic acids is 1. The second-order valence-electron chi connectivity index (χ2n) is 10.4. The molecular weight excluding hydrogens is 448 g/mol. The Morgan fingerprint density at radius 1 is 1.20 bits per heavy atom. The van der Waals surface area contributed by atoms with Crippen LogP contribution in [0.15, 0.2) is 54.2 Å². The minimum absolute atomic E-state index is 0.0288. The van der Waals surface area contributed by atoms with Gasteiger partial charge in [-0.25, -0.2) is 4.79 Å². The van der Waals surface area contributed by atoms with Gasteiger partial charge >= 0.3 is 5.97 Å². The van der Waals surface area contributed by atoms with Crippen LogP contribution in [0.2, 0.25) is 0 Å². The number of fused-ring (bicyclic) bond motifs is 1. The van der Waals surface area contributed by atoms with Gasteiger partial charge in [-0.05, 0) is 91.1 Å². The van der Waals surface area contributed by atoms with Gasteiger partial charge in [0.15, 0.2) is 0 Å². The number of hydrogen-bond donors (Lipinski definition) is 2. The summed E-state index contributed by atoms with van der Waals surface area (Å²) in [4.78, 5) is 19.3. The van der Waals surface area contributed by atoms with Gasteiger partial charge < -0.3 is 15.0 Å². The predicted molar refractivity (Wildman–Crippen MR) is 134 cm³/mol. The number of aryl methyl sites for hydroxylation is 1. The maximum absolute atomic E-state index is 13.2. The van der Waals surface area contributed by atoms with E-state index in [9.17, 15) is 18.7 Å². The van der Waals surface area contributed by atoms with E-state index in [1.165, 1.54) is 22.2 Å². The topological polar surface area (TPSA) is 59.6 Å². The van der Waals surface area contributed by atoms with Crippen LogP contribution < -0.4 is 4.90 Å². The number of allylic oxidation sites excluding steroid dienone is 1. The Labute approximate surface area is 204 Å². The number of rotatable bonds is 5. The first-order valence-corrected chi connectivity index (χ1v) is 12.0. The molecule has 2 heterocycles. The third-order valence-corrected chi connectivity index (χ3v) is 7.95. The molecule has 1 aromatic heterocycles. The van der Waals surface area contributed by atoms with Crippen LogP contribution in [0.3, 0.4) is 0 Å². The lowest BCUT2D eigenvalue weighted by atomic mass is 9.58. The van der Waals surface area contributed by atoms with Crippen LogP contribution in [0.5, 0.6) is 0 Å². The molecule has 1 aliphatic heterocycles. The van der Waals surface area contributed by atoms with Crippen molar-refractivity contribution in [3.05, 3.63) is 76.5 Å². The lowest BCUT2D eigenvalue weighted by Crippen LogP contribution is -2.46. The normalized spacial score (nSPS) is 22.4. The molecule has 1 saturated carbocycles. The molecule has 0 unspecified atom stereocenters. The Morgan fingerprint density at radius 3 is 2.54 bits per heavy atom. The molecule has 2 fully saturated rings. The maximum atomic E-state index is 13.2. The molecule has 2 N–H and O–H groups in total. The van der Waals surface area contributed by atoms with Crippen molar-refractivity contribution in [2.75, 3.05) is 25.5 Å². The van der Waals surface area contributed by atoms with Crippen LogP contribution in [0, 0.1) is 12.3 Å². The molecule has 184 valence electrons. The van der Waals surface area contributed by atoms with E-state index in [1.54, 1.807) is 12.1 Å². The monoisotopic (exact) mass is 479 g/mol. The van der Waals surface area contributed by atoms with Crippen molar-refractivity contribution in [1.29, 1.82) is 0 Å². The molecule has 35 heavy (non-hydrogen) atoms. The first kappa shape index (κ1) is 23.5. The van der Waals surface area contributed by atoms with Gasteiger partial charge in [0.2, 0.25) is 0 Å². The van der Waals surface area contributed by atoms with Gasteiger partial charge in [0.25, 0.3) is 6.08 Å². The van der Waals surface area contributed by atoms with Crippen LogP contribution in [-0.4, -0.2) is 41.6 Å². The van der Waals surface area contributed by atoms with Crippen LogP contribution >= 0.6 is 0 Å². The molecule has 0 radical (unpaired) electrons. The lowest BCUT2D eigenvalue weighted by Gasteiger charge is -2.52. The van der Waals surface area contributed by atoms with Gasteiger partial charge in [-0.3, -0.25) is 4.90 Å². The van der Waals surface area contributed by atoms with Gasteiger partial charge in [-0.15, -0.1) is 0 Å². The number of H-pyrrole nitrogens is 1. The lowest BCUT2D eigenvalue weighted by molar-refractivity contribution is 0.0143. The highest BCUT2D eigenvalue weighted by Gasteiger charge is 2.48. The predicted octanol–water partition coefficient (Wildman–Crippen LogP) is 6.51. The van der Waals surface area contributed by atoms with Gasteiger partial charge in [-0.1, -0.05) is 12.1 Å². The Bertz CT molecular complexity index is 1300. The number of benzene rings is 2. The van der Waals surface area contributed by atoms with Gasteiger partial charge in [0.1, 0.15) is 0 Å². The van der Waals surface area contributed by atoms with Crippen LogP contribution in [-0.2, 0) is 6.54 Å². The summed E-state index contributed by atoms with van der Waals surface area (Å²) in [5.41, 5.74) is 6.21. The molecule has 5 rings (SSSR count). The van der Waals surface area contributed by atoms with Crippen molar-refractivity contribution in [2.45, 2.75) is 45.2 Å². The molecule has 2 aliphatic rings. The number of aromatic amines is 1. The zero-order chi connectivity index (χ0) is 24.9. The van der Waals surface area contributed by atoms with Crippen molar-refractivity contribution in [3.8, 4) is 0 Å². The van der Waals surface area contributed by atoms with Crippen molar-refractivity contribution in [2.24, 2.45) is 5.41 Å². The molecule has 1 aliphatic carbocycles. The van der Waals surface area contributed by atoms with Crippen molar-refractivity contribution < 1.29 is 18.7 Å². The van der Waals surface area contributed by atoms with E-state index >= 15 is 0 Å². The molecule has 2 aromatic carbocycles. The van der Waals surface area contributed by atoms with E-state index in [1.807, 2.05) is 18.3 Å². The highest BCUT2D eigenvalue weighted by Crippen LogP contribution is 2.57. The summed E-state index contributed by atoms with van der Waals surface area (Å²) < 4.78 is 26.4. The number of carboxylic acids is 1. The van der Waals surface area contributed by atoms with E-state index < -0.39 is 12.0 Å². The highest BCUT2D eigenvalue weighted by molar-refractivity contribution is 5.91. The van der Waals surface area contributed by atoms with Crippen LogP contribution in [0.1, 0.15) is 58.8 Å². The Kier molecular flexibility index (Phi) is 5.91. The largest absolute Gasteiger partial charge is 0.478 e. The van der Waals surface area contributed by atoms with Crippen molar-refractivity contribution >= 4 is 22.6 Å². The summed E-state index contributed by atoms with van der Waals surface area (Å²) in [5, 5.41) is 10.5. The first-order chi connectivity index (χ1) is 16.7. The summed E-state index contributed by atoms with van der Waals surface area (Å²) in [6.07, 6.45) is 3.04. The third-order valence-electron chi connectivity index (χ3n) is 7.95.